The Morgan fingerprint density at radius 2 is 2.30 bits per heavy atom. The molecule has 3 atom stereocenters. The highest BCUT2D eigenvalue weighted by molar-refractivity contribution is 5.12. The SMILES string of the molecule is C=C1C[C@@H]2C[C@H](O)C[C@H]1O2. The molecule has 2 heteroatoms. The lowest BCUT2D eigenvalue weighted by Crippen LogP contribution is -2.28. The van der Waals surface area contributed by atoms with E-state index in [2.05, 4.69) is 6.58 Å². The normalized spacial score (nSPS) is 46.1. The summed E-state index contributed by atoms with van der Waals surface area (Å²) in [7, 11) is 0. The lowest BCUT2D eigenvalue weighted by molar-refractivity contribution is -0.0465. The Kier molecular flexibility index (Phi) is 1.32. The maximum Gasteiger partial charge on any atom is 0.0811 e. The molecule has 0 amide bonds. The second kappa shape index (κ2) is 2.07. The van der Waals surface area contributed by atoms with Gasteiger partial charge >= 0.3 is 0 Å². The molecule has 0 spiro atoms. The van der Waals surface area contributed by atoms with Gasteiger partial charge < -0.3 is 9.84 Å². The van der Waals surface area contributed by atoms with Crippen LogP contribution in [0.2, 0.25) is 0 Å². The summed E-state index contributed by atoms with van der Waals surface area (Å²) in [6.07, 6.45) is 2.80. The van der Waals surface area contributed by atoms with Crippen molar-refractivity contribution in [3.05, 3.63) is 12.2 Å². The molecule has 2 heterocycles. The van der Waals surface area contributed by atoms with Crippen LogP contribution in [-0.4, -0.2) is 23.4 Å². The smallest absolute Gasteiger partial charge is 0.0811 e. The quantitative estimate of drug-likeness (QED) is 0.505. The highest BCUT2D eigenvalue weighted by Gasteiger charge is 2.36. The van der Waals surface area contributed by atoms with Crippen molar-refractivity contribution in [3.63, 3.8) is 0 Å². The van der Waals surface area contributed by atoms with Crippen molar-refractivity contribution >= 4 is 0 Å². The van der Waals surface area contributed by atoms with Crippen LogP contribution in [0.5, 0.6) is 0 Å². The lowest BCUT2D eigenvalue weighted by Gasteiger charge is -2.23. The number of fused-ring (bicyclic) bond motifs is 2. The van der Waals surface area contributed by atoms with Gasteiger partial charge in [-0.25, -0.2) is 0 Å². The number of hydrogen-bond donors (Lipinski definition) is 1. The van der Waals surface area contributed by atoms with Gasteiger partial charge in [0.15, 0.2) is 0 Å². The van der Waals surface area contributed by atoms with E-state index in [9.17, 15) is 5.11 Å². The molecular formula is C8H12O2. The van der Waals surface area contributed by atoms with Crippen LogP contribution in [-0.2, 0) is 4.74 Å². The molecule has 2 fully saturated rings. The first kappa shape index (κ1) is 6.38. The molecular weight excluding hydrogens is 128 g/mol. The van der Waals surface area contributed by atoms with Gasteiger partial charge in [-0.15, -0.1) is 0 Å². The van der Waals surface area contributed by atoms with E-state index in [1.54, 1.807) is 0 Å². The van der Waals surface area contributed by atoms with Gasteiger partial charge in [0.25, 0.3) is 0 Å². The molecule has 1 N–H and O–H groups in total. The minimum atomic E-state index is -0.150. The molecule has 10 heavy (non-hydrogen) atoms. The molecule has 2 aliphatic heterocycles. The van der Waals surface area contributed by atoms with Crippen molar-refractivity contribution < 1.29 is 9.84 Å². The topological polar surface area (TPSA) is 29.5 Å². The molecule has 2 bridgehead atoms. The zero-order valence-corrected chi connectivity index (χ0v) is 5.92. The Morgan fingerprint density at radius 3 is 3.00 bits per heavy atom. The summed E-state index contributed by atoms with van der Waals surface area (Å²) in [6.45, 7) is 3.90. The third-order valence-electron chi connectivity index (χ3n) is 2.32. The van der Waals surface area contributed by atoms with E-state index >= 15 is 0 Å². The zero-order chi connectivity index (χ0) is 7.14. The maximum atomic E-state index is 9.29. The Hall–Kier alpha value is -0.340. The Labute approximate surface area is 60.5 Å². The highest BCUT2D eigenvalue weighted by Crippen LogP contribution is 2.35. The lowest BCUT2D eigenvalue weighted by atomic mass is 10.1. The maximum absolute atomic E-state index is 9.29. The molecule has 0 unspecified atom stereocenters. The summed E-state index contributed by atoms with van der Waals surface area (Å²) in [6, 6.07) is 0. The first-order valence-electron chi connectivity index (χ1n) is 3.77. The minimum Gasteiger partial charge on any atom is -0.393 e. The van der Waals surface area contributed by atoms with E-state index in [0.717, 1.165) is 19.3 Å². The Morgan fingerprint density at radius 1 is 1.50 bits per heavy atom. The van der Waals surface area contributed by atoms with Crippen LogP contribution in [0.15, 0.2) is 12.2 Å². The van der Waals surface area contributed by atoms with Gasteiger partial charge in [-0.1, -0.05) is 6.58 Å². The van der Waals surface area contributed by atoms with Crippen molar-refractivity contribution in [1.82, 2.24) is 0 Å². The van der Waals surface area contributed by atoms with Crippen molar-refractivity contribution in [2.75, 3.05) is 0 Å². The monoisotopic (exact) mass is 140 g/mol. The highest BCUT2D eigenvalue weighted by atomic mass is 16.5. The third kappa shape index (κ3) is 0.879. The van der Waals surface area contributed by atoms with E-state index in [4.69, 9.17) is 4.74 Å². The molecule has 0 radical (unpaired) electrons. The van der Waals surface area contributed by atoms with E-state index in [-0.39, 0.29) is 18.3 Å². The standard InChI is InChI=1S/C8H12O2/c1-5-2-7-3-6(9)4-8(5)10-7/h6-9H,1-4H2/t6-,7+,8+/m0/s1. The summed E-state index contributed by atoms with van der Waals surface area (Å²) in [5.74, 6) is 0. The fourth-order valence-corrected chi connectivity index (χ4v) is 1.81. The average molecular weight is 140 g/mol. The average Bonchev–Trinajstić information content (AvgIpc) is 2.07. The van der Waals surface area contributed by atoms with E-state index < -0.39 is 0 Å². The fraction of sp³-hybridized carbons (Fsp3) is 0.750. The molecule has 2 aliphatic rings. The molecule has 2 saturated heterocycles. The van der Waals surface area contributed by atoms with Crippen molar-refractivity contribution in [3.8, 4) is 0 Å². The van der Waals surface area contributed by atoms with Crippen LogP contribution in [0.25, 0.3) is 0 Å². The second-order valence-corrected chi connectivity index (χ2v) is 3.23. The number of hydrogen-bond acceptors (Lipinski definition) is 2. The summed E-state index contributed by atoms with van der Waals surface area (Å²) < 4.78 is 5.52. The fourth-order valence-electron chi connectivity index (χ4n) is 1.81. The van der Waals surface area contributed by atoms with Gasteiger partial charge in [0.1, 0.15) is 0 Å². The van der Waals surface area contributed by atoms with Gasteiger partial charge in [0.2, 0.25) is 0 Å². The molecule has 56 valence electrons. The van der Waals surface area contributed by atoms with Crippen LogP contribution in [0.1, 0.15) is 19.3 Å². The van der Waals surface area contributed by atoms with Crippen molar-refractivity contribution in [2.24, 2.45) is 0 Å². The van der Waals surface area contributed by atoms with E-state index in [1.165, 1.54) is 5.57 Å². The first-order chi connectivity index (χ1) is 4.75. The number of aliphatic hydroxyl groups is 1. The van der Waals surface area contributed by atoms with Gasteiger partial charge in [-0.05, 0) is 18.4 Å². The van der Waals surface area contributed by atoms with Crippen LogP contribution < -0.4 is 0 Å². The minimum absolute atomic E-state index is 0.150. The van der Waals surface area contributed by atoms with Crippen LogP contribution in [0, 0.1) is 0 Å². The van der Waals surface area contributed by atoms with Crippen LogP contribution >= 0.6 is 0 Å². The van der Waals surface area contributed by atoms with Crippen LogP contribution in [0.3, 0.4) is 0 Å². The molecule has 0 aromatic carbocycles. The van der Waals surface area contributed by atoms with Gasteiger partial charge in [-0.2, -0.15) is 0 Å². The van der Waals surface area contributed by atoms with Gasteiger partial charge in [0.05, 0.1) is 18.3 Å². The predicted octanol–water partition coefficient (Wildman–Crippen LogP) is 0.855. The van der Waals surface area contributed by atoms with Crippen molar-refractivity contribution in [2.45, 2.75) is 37.6 Å². The van der Waals surface area contributed by atoms with E-state index in [1.807, 2.05) is 0 Å². The molecule has 0 aromatic heterocycles. The first-order valence-corrected chi connectivity index (χ1v) is 3.77. The van der Waals surface area contributed by atoms with Crippen LogP contribution in [0.4, 0.5) is 0 Å². The summed E-state index contributed by atoms with van der Waals surface area (Å²) in [5.41, 5.74) is 1.17. The van der Waals surface area contributed by atoms with Gasteiger partial charge in [-0.3, -0.25) is 0 Å². The number of aliphatic hydroxyl groups excluding tert-OH is 1. The molecule has 0 aliphatic carbocycles. The Bertz CT molecular complexity index is 165. The molecule has 2 nitrogen and oxygen atoms in total. The summed E-state index contributed by atoms with van der Waals surface area (Å²) >= 11 is 0. The number of ether oxygens (including phenoxy) is 1. The molecule has 0 aromatic rings. The summed E-state index contributed by atoms with van der Waals surface area (Å²) in [4.78, 5) is 0. The Balaban J connectivity index is 2.13. The molecule has 0 saturated carbocycles. The van der Waals surface area contributed by atoms with Gasteiger partial charge in [0, 0.05) is 6.42 Å². The number of rotatable bonds is 0. The predicted molar refractivity (Wildman–Crippen MR) is 37.7 cm³/mol. The zero-order valence-electron chi connectivity index (χ0n) is 5.92. The van der Waals surface area contributed by atoms with E-state index in [0.29, 0.717) is 0 Å². The summed E-state index contributed by atoms with van der Waals surface area (Å²) in [5, 5.41) is 9.29. The van der Waals surface area contributed by atoms with Crippen molar-refractivity contribution in [1.29, 1.82) is 0 Å². The molecule has 2 rings (SSSR count). The second-order valence-electron chi connectivity index (χ2n) is 3.23. The third-order valence-corrected chi connectivity index (χ3v) is 2.32. The largest absolute Gasteiger partial charge is 0.393 e.